The molecule has 2 aromatic rings. The van der Waals surface area contributed by atoms with Crippen LogP contribution in [-0.2, 0) is 34.7 Å². The van der Waals surface area contributed by atoms with E-state index in [0.29, 0.717) is 6.54 Å². The van der Waals surface area contributed by atoms with Gasteiger partial charge in [0.1, 0.15) is 0 Å². The SMILES string of the molecule is C=Cc1cc(CNC(=S)NCc2ccc(C(C)(C)C)cc2)cc(C(F)(F)F)c1NS(C)(=O)=O. The third-order valence-corrected chi connectivity index (χ3v) is 5.63. The van der Waals surface area contributed by atoms with Gasteiger partial charge in [-0.3, -0.25) is 4.72 Å². The number of thiocarbonyl (C=S) groups is 1. The van der Waals surface area contributed by atoms with Crippen molar-refractivity contribution in [1.82, 2.24) is 10.6 Å². The Morgan fingerprint density at radius 3 is 2.03 bits per heavy atom. The lowest BCUT2D eigenvalue weighted by molar-refractivity contribution is -0.137. The van der Waals surface area contributed by atoms with Crippen molar-refractivity contribution in [2.24, 2.45) is 0 Å². The van der Waals surface area contributed by atoms with Crippen molar-refractivity contribution >= 4 is 39.1 Å². The molecule has 0 spiro atoms. The fourth-order valence-electron chi connectivity index (χ4n) is 3.06. The molecule has 0 fully saturated rings. The highest BCUT2D eigenvalue weighted by atomic mass is 32.2. The highest BCUT2D eigenvalue weighted by Gasteiger charge is 2.35. The van der Waals surface area contributed by atoms with E-state index in [1.165, 1.54) is 17.7 Å². The Morgan fingerprint density at radius 2 is 1.58 bits per heavy atom. The maximum absolute atomic E-state index is 13.6. The van der Waals surface area contributed by atoms with E-state index in [0.717, 1.165) is 17.9 Å². The lowest BCUT2D eigenvalue weighted by atomic mass is 9.87. The van der Waals surface area contributed by atoms with Gasteiger partial charge in [-0.05, 0) is 52.0 Å². The quantitative estimate of drug-likeness (QED) is 0.458. The van der Waals surface area contributed by atoms with Crippen molar-refractivity contribution < 1.29 is 21.6 Å². The molecule has 0 saturated heterocycles. The maximum Gasteiger partial charge on any atom is 0.418 e. The van der Waals surface area contributed by atoms with Crippen LogP contribution in [0.2, 0.25) is 0 Å². The summed E-state index contributed by atoms with van der Waals surface area (Å²) in [5.74, 6) is 0. The lowest BCUT2D eigenvalue weighted by Gasteiger charge is -2.19. The summed E-state index contributed by atoms with van der Waals surface area (Å²) in [6.07, 6.45) is -2.81. The first-order valence-electron chi connectivity index (χ1n) is 10.1. The van der Waals surface area contributed by atoms with Crippen LogP contribution in [0.4, 0.5) is 18.9 Å². The minimum Gasteiger partial charge on any atom is -0.359 e. The molecule has 0 aromatic heterocycles. The van der Waals surface area contributed by atoms with Gasteiger partial charge in [-0.1, -0.05) is 57.7 Å². The molecule has 0 heterocycles. The van der Waals surface area contributed by atoms with Crippen molar-refractivity contribution in [2.75, 3.05) is 11.0 Å². The van der Waals surface area contributed by atoms with E-state index in [2.05, 4.69) is 50.1 Å². The van der Waals surface area contributed by atoms with Crippen molar-refractivity contribution in [3.05, 3.63) is 70.8 Å². The fourth-order valence-corrected chi connectivity index (χ4v) is 3.81. The zero-order valence-electron chi connectivity index (χ0n) is 18.9. The first kappa shape index (κ1) is 26.7. The molecule has 0 radical (unpaired) electrons. The van der Waals surface area contributed by atoms with Gasteiger partial charge in [-0.25, -0.2) is 8.42 Å². The molecule has 0 aliphatic carbocycles. The van der Waals surface area contributed by atoms with Crippen LogP contribution >= 0.6 is 12.2 Å². The Labute approximate surface area is 198 Å². The third-order valence-electron chi connectivity index (χ3n) is 4.77. The van der Waals surface area contributed by atoms with E-state index in [4.69, 9.17) is 12.2 Å². The molecule has 2 rings (SSSR count). The van der Waals surface area contributed by atoms with E-state index in [9.17, 15) is 21.6 Å². The molecule has 3 N–H and O–H groups in total. The Hall–Kier alpha value is -2.59. The van der Waals surface area contributed by atoms with Crippen molar-refractivity contribution in [3.8, 4) is 0 Å². The summed E-state index contributed by atoms with van der Waals surface area (Å²) in [5.41, 5.74) is 0.910. The Morgan fingerprint density at radius 1 is 1.03 bits per heavy atom. The van der Waals surface area contributed by atoms with Crippen LogP contribution < -0.4 is 15.4 Å². The molecule has 0 saturated carbocycles. The maximum atomic E-state index is 13.6. The second-order valence-corrected chi connectivity index (χ2v) is 10.8. The van der Waals surface area contributed by atoms with Crippen molar-refractivity contribution in [1.29, 1.82) is 0 Å². The number of alkyl halides is 3. The summed E-state index contributed by atoms with van der Waals surface area (Å²) >= 11 is 5.25. The largest absolute Gasteiger partial charge is 0.418 e. The Balaban J connectivity index is 2.11. The molecular formula is C23H28F3N3O2S2. The third kappa shape index (κ3) is 8.04. The molecule has 5 nitrogen and oxygen atoms in total. The molecule has 0 bridgehead atoms. The fraction of sp³-hybridized carbons (Fsp3) is 0.348. The average molecular weight is 500 g/mol. The van der Waals surface area contributed by atoms with E-state index in [-0.39, 0.29) is 28.2 Å². The summed E-state index contributed by atoms with van der Waals surface area (Å²) in [7, 11) is -3.92. The molecule has 0 aliphatic heterocycles. The van der Waals surface area contributed by atoms with Gasteiger partial charge in [0.2, 0.25) is 10.0 Å². The van der Waals surface area contributed by atoms with E-state index in [1.54, 1.807) is 0 Å². The topological polar surface area (TPSA) is 70.2 Å². The molecule has 0 amide bonds. The highest BCUT2D eigenvalue weighted by molar-refractivity contribution is 7.92. The minimum absolute atomic E-state index is 0.0118. The average Bonchev–Trinajstić information content (AvgIpc) is 2.69. The zero-order valence-corrected chi connectivity index (χ0v) is 20.6. The molecule has 2 aromatic carbocycles. The molecular weight excluding hydrogens is 471 g/mol. The zero-order chi connectivity index (χ0) is 25.0. The van der Waals surface area contributed by atoms with Gasteiger partial charge in [0.15, 0.2) is 5.11 Å². The predicted molar refractivity (Wildman–Crippen MR) is 131 cm³/mol. The van der Waals surface area contributed by atoms with Crippen molar-refractivity contribution in [2.45, 2.75) is 45.5 Å². The monoisotopic (exact) mass is 499 g/mol. The van der Waals surface area contributed by atoms with Crippen LogP contribution in [0.5, 0.6) is 0 Å². The van der Waals surface area contributed by atoms with Crippen molar-refractivity contribution in [3.63, 3.8) is 0 Å². The number of anilines is 1. The standard InChI is InChI=1S/C23H28F3N3O2S2/c1-6-17-11-16(12-19(23(24,25)26)20(17)29-33(5,30)31)14-28-21(32)27-13-15-7-9-18(10-8-15)22(2,3)4/h6-12,29H,1,13-14H2,2-5H3,(H2,27,28,32). The summed E-state index contributed by atoms with van der Waals surface area (Å²) < 4.78 is 65.9. The van der Waals surface area contributed by atoms with E-state index in [1.807, 2.05) is 16.9 Å². The number of nitrogens with one attached hydrogen (secondary N) is 3. The summed E-state index contributed by atoms with van der Waals surface area (Å²) in [5, 5.41) is 6.19. The number of rotatable bonds is 7. The van der Waals surface area contributed by atoms with E-state index < -0.39 is 27.5 Å². The predicted octanol–water partition coefficient (Wildman–Crippen LogP) is 5.18. The van der Waals surface area contributed by atoms with Crippen LogP contribution in [0.3, 0.4) is 0 Å². The number of benzene rings is 2. The minimum atomic E-state index is -4.77. The number of hydrogen-bond donors (Lipinski definition) is 3. The van der Waals surface area contributed by atoms with Gasteiger partial charge in [0, 0.05) is 13.1 Å². The van der Waals surface area contributed by atoms with Gasteiger partial charge in [-0.15, -0.1) is 0 Å². The van der Waals surface area contributed by atoms with Gasteiger partial charge >= 0.3 is 6.18 Å². The molecule has 0 unspecified atom stereocenters. The summed E-state index contributed by atoms with van der Waals surface area (Å²) in [6.45, 7) is 10.4. The number of halogens is 3. The van der Waals surface area contributed by atoms with Crippen LogP contribution in [-0.4, -0.2) is 19.8 Å². The lowest BCUT2D eigenvalue weighted by Crippen LogP contribution is -2.34. The van der Waals surface area contributed by atoms with Crippen LogP contribution in [0, 0.1) is 0 Å². The first-order chi connectivity index (χ1) is 15.1. The summed E-state index contributed by atoms with van der Waals surface area (Å²) in [6, 6.07) is 10.4. The van der Waals surface area contributed by atoms with Crippen LogP contribution in [0.25, 0.3) is 6.08 Å². The second kappa shape index (κ2) is 10.1. The highest BCUT2D eigenvalue weighted by Crippen LogP contribution is 2.38. The van der Waals surface area contributed by atoms with Gasteiger partial charge in [0.05, 0.1) is 17.5 Å². The van der Waals surface area contributed by atoms with Crippen LogP contribution in [0.1, 0.15) is 48.6 Å². The normalized spacial score (nSPS) is 12.2. The molecule has 33 heavy (non-hydrogen) atoms. The second-order valence-electron chi connectivity index (χ2n) is 8.67. The van der Waals surface area contributed by atoms with Gasteiger partial charge < -0.3 is 10.6 Å². The Kier molecular flexibility index (Phi) is 8.18. The van der Waals surface area contributed by atoms with Gasteiger partial charge in [0.25, 0.3) is 0 Å². The number of sulfonamides is 1. The Bertz CT molecular complexity index is 1120. The summed E-state index contributed by atoms with van der Waals surface area (Å²) in [4.78, 5) is 0. The van der Waals surface area contributed by atoms with Gasteiger partial charge in [-0.2, -0.15) is 13.2 Å². The molecule has 0 atom stereocenters. The molecule has 10 heteroatoms. The smallest absolute Gasteiger partial charge is 0.359 e. The van der Waals surface area contributed by atoms with E-state index >= 15 is 0 Å². The molecule has 180 valence electrons. The van der Waals surface area contributed by atoms with Crippen LogP contribution in [0.15, 0.2) is 43.0 Å². The molecule has 0 aliphatic rings. The number of hydrogen-bond acceptors (Lipinski definition) is 3. The first-order valence-corrected chi connectivity index (χ1v) is 12.4.